The molecule has 0 amide bonds. The van der Waals surface area contributed by atoms with Crippen LogP contribution in [-0.4, -0.2) is 12.9 Å². The standard InChI is InChI=1S/C22H19IN2O/c1-26-20-13-11-19(12-14-20)25-21(16-5-3-2-4-6-16)15-22(25)24-18-9-7-17(23)8-10-18/h2-14,21H,15H2,1H3. The first-order valence-electron chi connectivity index (χ1n) is 8.56. The molecule has 1 saturated heterocycles. The summed E-state index contributed by atoms with van der Waals surface area (Å²) in [5.41, 5.74) is 3.44. The molecule has 4 heteroatoms. The quantitative estimate of drug-likeness (QED) is 0.453. The maximum Gasteiger partial charge on any atom is 0.119 e. The number of rotatable bonds is 4. The van der Waals surface area contributed by atoms with Crippen LogP contribution in [0.2, 0.25) is 0 Å². The van der Waals surface area contributed by atoms with Gasteiger partial charge in [-0.3, -0.25) is 0 Å². The third kappa shape index (κ3) is 3.46. The Hall–Kier alpha value is -2.34. The Labute approximate surface area is 167 Å². The minimum absolute atomic E-state index is 0.312. The molecule has 3 aromatic rings. The van der Waals surface area contributed by atoms with Crippen LogP contribution in [0.5, 0.6) is 5.75 Å². The molecule has 1 aliphatic heterocycles. The number of methoxy groups -OCH3 is 1. The molecular weight excluding hydrogens is 435 g/mol. The van der Waals surface area contributed by atoms with E-state index < -0.39 is 0 Å². The first kappa shape index (κ1) is 17.1. The van der Waals surface area contributed by atoms with E-state index in [1.807, 2.05) is 12.1 Å². The van der Waals surface area contributed by atoms with Gasteiger partial charge in [0.05, 0.1) is 18.8 Å². The molecule has 26 heavy (non-hydrogen) atoms. The highest BCUT2D eigenvalue weighted by atomic mass is 127. The molecule has 0 bridgehead atoms. The second-order valence-corrected chi connectivity index (χ2v) is 7.45. The van der Waals surface area contributed by atoms with Gasteiger partial charge in [0.15, 0.2) is 0 Å². The van der Waals surface area contributed by atoms with E-state index in [1.54, 1.807) is 7.11 Å². The van der Waals surface area contributed by atoms with Gasteiger partial charge >= 0.3 is 0 Å². The smallest absolute Gasteiger partial charge is 0.119 e. The van der Waals surface area contributed by atoms with E-state index in [4.69, 9.17) is 9.73 Å². The number of hydrogen-bond donors (Lipinski definition) is 0. The largest absolute Gasteiger partial charge is 0.497 e. The van der Waals surface area contributed by atoms with Crippen LogP contribution >= 0.6 is 22.6 Å². The predicted octanol–water partition coefficient (Wildman–Crippen LogP) is 5.98. The second-order valence-electron chi connectivity index (χ2n) is 6.20. The van der Waals surface area contributed by atoms with Crippen molar-refractivity contribution in [1.29, 1.82) is 0 Å². The third-order valence-electron chi connectivity index (χ3n) is 4.59. The topological polar surface area (TPSA) is 24.8 Å². The van der Waals surface area contributed by atoms with Gasteiger partial charge in [-0.1, -0.05) is 30.3 Å². The summed E-state index contributed by atoms with van der Waals surface area (Å²) in [5, 5.41) is 0. The van der Waals surface area contributed by atoms with Crippen LogP contribution in [0.15, 0.2) is 83.9 Å². The lowest BCUT2D eigenvalue weighted by Crippen LogP contribution is -2.46. The molecular formula is C22H19IN2O. The minimum atomic E-state index is 0.312. The summed E-state index contributed by atoms with van der Waals surface area (Å²) >= 11 is 2.31. The van der Waals surface area contributed by atoms with Crippen molar-refractivity contribution in [3.05, 3.63) is 88.0 Å². The van der Waals surface area contributed by atoms with E-state index in [-0.39, 0.29) is 0 Å². The lowest BCUT2D eigenvalue weighted by atomic mass is 9.92. The van der Waals surface area contributed by atoms with Crippen molar-refractivity contribution < 1.29 is 4.74 Å². The van der Waals surface area contributed by atoms with Crippen molar-refractivity contribution in [2.24, 2.45) is 4.99 Å². The molecule has 130 valence electrons. The number of halogens is 1. The maximum absolute atomic E-state index is 5.30. The summed E-state index contributed by atoms with van der Waals surface area (Å²) in [6, 6.07) is 27.4. The number of anilines is 1. The van der Waals surface area contributed by atoms with Crippen LogP contribution in [0.3, 0.4) is 0 Å². The Morgan fingerprint density at radius 2 is 1.62 bits per heavy atom. The van der Waals surface area contributed by atoms with E-state index >= 15 is 0 Å². The van der Waals surface area contributed by atoms with Gasteiger partial charge in [-0.15, -0.1) is 0 Å². The average Bonchev–Trinajstić information content (AvgIpc) is 2.67. The van der Waals surface area contributed by atoms with Crippen molar-refractivity contribution in [3.8, 4) is 5.75 Å². The van der Waals surface area contributed by atoms with Crippen molar-refractivity contribution >= 4 is 39.8 Å². The predicted molar refractivity (Wildman–Crippen MR) is 116 cm³/mol. The Balaban J connectivity index is 1.69. The summed E-state index contributed by atoms with van der Waals surface area (Å²) in [6.45, 7) is 0. The van der Waals surface area contributed by atoms with E-state index in [9.17, 15) is 0 Å². The fraction of sp³-hybridized carbons (Fsp3) is 0.136. The highest BCUT2D eigenvalue weighted by molar-refractivity contribution is 14.1. The third-order valence-corrected chi connectivity index (χ3v) is 5.30. The number of ether oxygens (including phenoxy) is 1. The molecule has 0 aromatic heterocycles. The molecule has 4 rings (SSSR count). The van der Waals surface area contributed by atoms with Gasteiger partial charge in [-0.25, -0.2) is 4.99 Å². The zero-order chi connectivity index (χ0) is 17.9. The molecule has 3 nitrogen and oxygen atoms in total. The zero-order valence-electron chi connectivity index (χ0n) is 14.5. The fourth-order valence-corrected chi connectivity index (χ4v) is 3.57. The van der Waals surface area contributed by atoms with Crippen LogP contribution in [0.4, 0.5) is 11.4 Å². The van der Waals surface area contributed by atoms with Crippen molar-refractivity contribution in [2.75, 3.05) is 12.0 Å². The summed E-state index contributed by atoms with van der Waals surface area (Å²) in [4.78, 5) is 7.20. The zero-order valence-corrected chi connectivity index (χ0v) is 16.6. The Bertz CT molecular complexity index is 905. The van der Waals surface area contributed by atoms with E-state index in [2.05, 4.69) is 94.2 Å². The highest BCUT2D eigenvalue weighted by Crippen LogP contribution is 2.41. The molecule has 1 aliphatic rings. The minimum Gasteiger partial charge on any atom is -0.497 e. The van der Waals surface area contributed by atoms with Crippen molar-refractivity contribution in [1.82, 2.24) is 0 Å². The molecule has 0 saturated carbocycles. The lowest BCUT2D eigenvalue weighted by molar-refractivity contribution is 0.415. The number of amidine groups is 1. The van der Waals surface area contributed by atoms with Crippen molar-refractivity contribution in [3.63, 3.8) is 0 Å². The summed E-state index contributed by atoms with van der Waals surface area (Å²) < 4.78 is 6.51. The van der Waals surface area contributed by atoms with Crippen LogP contribution < -0.4 is 9.64 Å². The van der Waals surface area contributed by atoms with E-state index in [1.165, 1.54) is 9.13 Å². The van der Waals surface area contributed by atoms with E-state index in [0.29, 0.717) is 6.04 Å². The second kappa shape index (κ2) is 7.50. The molecule has 1 heterocycles. The maximum atomic E-state index is 5.30. The normalized spacial score (nSPS) is 17.8. The van der Waals surface area contributed by atoms with Crippen LogP contribution in [-0.2, 0) is 0 Å². The molecule has 3 aromatic carbocycles. The summed E-state index contributed by atoms with van der Waals surface area (Å²) in [6.07, 6.45) is 0.933. The lowest BCUT2D eigenvalue weighted by Gasteiger charge is -2.44. The van der Waals surface area contributed by atoms with Gasteiger partial charge in [0, 0.05) is 15.7 Å². The van der Waals surface area contributed by atoms with Gasteiger partial charge in [0.1, 0.15) is 11.6 Å². The SMILES string of the molecule is COc1ccc(N2C(=Nc3ccc(I)cc3)CC2c2ccccc2)cc1. The van der Waals surface area contributed by atoms with Gasteiger partial charge < -0.3 is 9.64 Å². The number of hydrogen-bond acceptors (Lipinski definition) is 2. The average molecular weight is 454 g/mol. The van der Waals surface area contributed by atoms with Crippen LogP contribution in [0.25, 0.3) is 0 Å². The highest BCUT2D eigenvalue weighted by Gasteiger charge is 2.36. The molecule has 1 atom stereocenters. The number of benzene rings is 3. The van der Waals surface area contributed by atoms with Crippen LogP contribution in [0.1, 0.15) is 18.0 Å². The van der Waals surface area contributed by atoms with Crippen molar-refractivity contribution in [2.45, 2.75) is 12.5 Å². The molecule has 0 N–H and O–H groups in total. The molecule has 0 aliphatic carbocycles. The van der Waals surface area contributed by atoms with Crippen LogP contribution in [0, 0.1) is 3.57 Å². The Kier molecular flexibility index (Phi) is 4.93. The molecule has 1 fully saturated rings. The van der Waals surface area contributed by atoms with Gasteiger partial charge in [0.25, 0.3) is 0 Å². The summed E-state index contributed by atoms with van der Waals surface area (Å²) in [5.74, 6) is 1.95. The molecule has 0 spiro atoms. The first-order chi connectivity index (χ1) is 12.7. The number of nitrogens with zero attached hydrogens (tertiary/aromatic N) is 2. The Morgan fingerprint density at radius 1 is 0.923 bits per heavy atom. The summed E-state index contributed by atoms with van der Waals surface area (Å²) in [7, 11) is 1.69. The fourth-order valence-electron chi connectivity index (χ4n) is 3.21. The molecule has 1 unspecified atom stereocenters. The van der Waals surface area contributed by atoms with Gasteiger partial charge in [0.2, 0.25) is 0 Å². The molecule has 0 radical (unpaired) electrons. The monoisotopic (exact) mass is 454 g/mol. The van der Waals surface area contributed by atoms with Gasteiger partial charge in [-0.2, -0.15) is 0 Å². The number of aliphatic imine (C=N–C) groups is 1. The Morgan fingerprint density at radius 3 is 2.27 bits per heavy atom. The first-order valence-corrected chi connectivity index (χ1v) is 9.64. The van der Waals surface area contributed by atoms with E-state index in [0.717, 1.165) is 29.4 Å². The van der Waals surface area contributed by atoms with Gasteiger partial charge in [-0.05, 0) is 76.7 Å².